The minimum atomic E-state index is -0.603. The van der Waals surface area contributed by atoms with E-state index in [2.05, 4.69) is 5.29 Å². The monoisotopic (exact) mass is 192 g/mol. The largest absolute Gasteiger partial charge is 0.386 e. The minimum absolute atomic E-state index is 0.218. The Kier molecular flexibility index (Phi) is 2.21. The van der Waals surface area contributed by atoms with Crippen LogP contribution in [-0.4, -0.2) is 23.2 Å². The summed E-state index contributed by atoms with van der Waals surface area (Å²) in [6, 6.07) is 7.46. The van der Waals surface area contributed by atoms with Crippen LogP contribution in [0.15, 0.2) is 29.6 Å². The third-order valence-corrected chi connectivity index (χ3v) is 2.78. The number of benzene rings is 1. The molecule has 0 radical (unpaired) electrons. The summed E-state index contributed by atoms with van der Waals surface area (Å²) in [5.41, 5.74) is 2.01. The van der Waals surface area contributed by atoms with Crippen molar-refractivity contribution in [1.82, 2.24) is 5.01 Å². The molecule has 1 aromatic rings. The molecule has 0 aromatic heterocycles. The zero-order valence-electron chi connectivity index (χ0n) is 7.92. The summed E-state index contributed by atoms with van der Waals surface area (Å²) in [6.07, 6.45) is 0.0773. The van der Waals surface area contributed by atoms with E-state index in [1.165, 1.54) is 5.01 Å². The van der Waals surface area contributed by atoms with Crippen molar-refractivity contribution in [2.45, 2.75) is 18.6 Å². The van der Waals surface area contributed by atoms with E-state index < -0.39 is 6.10 Å². The van der Waals surface area contributed by atoms with E-state index in [1.54, 1.807) is 7.05 Å². The Balaban J connectivity index is 2.29. The van der Waals surface area contributed by atoms with Crippen molar-refractivity contribution in [3.8, 4) is 0 Å². The van der Waals surface area contributed by atoms with Crippen LogP contribution in [0.3, 0.4) is 0 Å². The van der Waals surface area contributed by atoms with Gasteiger partial charge in [0.25, 0.3) is 0 Å². The van der Waals surface area contributed by atoms with E-state index in [4.69, 9.17) is 0 Å². The Morgan fingerprint density at radius 1 is 1.50 bits per heavy atom. The zero-order chi connectivity index (χ0) is 10.1. The topological polar surface area (TPSA) is 52.9 Å². The summed E-state index contributed by atoms with van der Waals surface area (Å²) in [4.78, 5) is 10.4. The highest BCUT2D eigenvalue weighted by molar-refractivity contribution is 5.35. The fraction of sp³-hybridized carbons (Fsp3) is 0.400. The van der Waals surface area contributed by atoms with Gasteiger partial charge < -0.3 is 5.11 Å². The Morgan fingerprint density at radius 3 is 2.86 bits per heavy atom. The van der Waals surface area contributed by atoms with Crippen LogP contribution >= 0.6 is 0 Å². The molecule has 1 aliphatic rings. The van der Waals surface area contributed by atoms with E-state index in [9.17, 15) is 10.0 Å². The van der Waals surface area contributed by atoms with E-state index in [0.717, 1.165) is 11.1 Å². The fourth-order valence-electron chi connectivity index (χ4n) is 1.95. The fourth-order valence-corrected chi connectivity index (χ4v) is 1.95. The van der Waals surface area contributed by atoms with Gasteiger partial charge in [-0.1, -0.05) is 24.3 Å². The molecule has 1 N–H and O–H groups in total. The van der Waals surface area contributed by atoms with Crippen LogP contribution in [0.2, 0.25) is 0 Å². The SMILES string of the molecule is CN(N=O)[C@H]1Cc2ccccc2[C@H]1O. The first-order valence-electron chi connectivity index (χ1n) is 4.56. The number of nitrogens with zero attached hydrogens (tertiary/aromatic N) is 2. The minimum Gasteiger partial charge on any atom is -0.386 e. The van der Waals surface area contributed by atoms with Gasteiger partial charge in [-0.3, -0.25) is 5.01 Å². The second-order valence-corrected chi connectivity index (χ2v) is 3.57. The van der Waals surface area contributed by atoms with E-state index >= 15 is 0 Å². The summed E-state index contributed by atoms with van der Waals surface area (Å²) >= 11 is 0. The van der Waals surface area contributed by atoms with Crippen molar-refractivity contribution in [2.75, 3.05) is 7.05 Å². The first-order valence-corrected chi connectivity index (χ1v) is 4.56. The van der Waals surface area contributed by atoms with Crippen LogP contribution in [-0.2, 0) is 6.42 Å². The molecule has 1 aliphatic carbocycles. The molecular weight excluding hydrogens is 180 g/mol. The van der Waals surface area contributed by atoms with Gasteiger partial charge in [-0.25, -0.2) is 0 Å². The van der Waals surface area contributed by atoms with Gasteiger partial charge in [0.15, 0.2) is 0 Å². The molecule has 4 nitrogen and oxygen atoms in total. The van der Waals surface area contributed by atoms with Crippen molar-refractivity contribution in [3.05, 3.63) is 40.3 Å². The highest BCUT2D eigenvalue weighted by atomic mass is 16.3. The van der Waals surface area contributed by atoms with Crippen molar-refractivity contribution in [3.63, 3.8) is 0 Å². The number of rotatable bonds is 2. The van der Waals surface area contributed by atoms with Crippen LogP contribution in [0.1, 0.15) is 17.2 Å². The van der Waals surface area contributed by atoms with Gasteiger partial charge >= 0.3 is 0 Å². The molecule has 14 heavy (non-hydrogen) atoms. The smallest absolute Gasteiger partial charge is 0.102 e. The van der Waals surface area contributed by atoms with Gasteiger partial charge in [0, 0.05) is 7.05 Å². The van der Waals surface area contributed by atoms with Gasteiger partial charge in [0.2, 0.25) is 0 Å². The van der Waals surface area contributed by atoms with Gasteiger partial charge in [-0.15, -0.1) is 4.91 Å². The molecule has 2 atom stereocenters. The predicted octanol–water partition coefficient (Wildman–Crippen LogP) is 1.26. The molecule has 1 aromatic carbocycles. The highest BCUT2D eigenvalue weighted by Crippen LogP contribution is 2.33. The van der Waals surface area contributed by atoms with E-state index in [-0.39, 0.29) is 6.04 Å². The zero-order valence-corrected chi connectivity index (χ0v) is 7.92. The molecule has 0 saturated carbocycles. The molecule has 0 spiro atoms. The molecule has 2 rings (SSSR count). The Bertz CT molecular complexity index is 354. The molecule has 0 amide bonds. The third kappa shape index (κ3) is 1.28. The maximum absolute atomic E-state index is 10.4. The lowest BCUT2D eigenvalue weighted by molar-refractivity contribution is 0.0768. The number of hydrogen-bond acceptors (Lipinski definition) is 3. The number of aliphatic hydroxyl groups is 1. The van der Waals surface area contributed by atoms with Gasteiger partial charge in [-0.2, -0.15) is 0 Å². The van der Waals surface area contributed by atoms with Crippen LogP contribution in [0, 0.1) is 4.91 Å². The van der Waals surface area contributed by atoms with Gasteiger partial charge in [0.1, 0.15) is 6.10 Å². The van der Waals surface area contributed by atoms with Gasteiger partial charge in [0.05, 0.1) is 11.3 Å². The van der Waals surface area contributed by atoms with Gasteiger partial charge in [-0.05, 0) is 17.5 Å². The van der Waals surface area contributed by atoms with Crippen LogP contribution in [0.4, 0.5) is 0 Å². The molecular formula is C10H12N2O2. The van der Waals surface area contributed by atoms with Crippen LogP contribution in [0.25, 0.3) is 0 Å². The molecule has 0 unspecified atom stereocenters. The normalized spacial score (nSPS) is 24.4. The lowest BCUT2D eigenvalue weighted by Crippen LogP contribution is -2.30. The first-order chi connectivity index (χ1) is 6.74. The van der Waals surface area contributed by atoms with E-state index in [0.29, 0.717) is 6.42 Å². The molecule has 0 heterocycles. The summed E-state index contributed by atoms with van der Waals surface area (Å²) in [5.74, 6) is 0. The van der Waals surface area contributed by atoms with Crippen molar-refractivity contribution in [1.29, 1.82) is 0 Å². The quantitative estimate of drug-likeness (QED) is 0.567. The maximum atomic E-state index is 10.4. The van der Waals surface area contributed by atoms with Crippen molar-refractivity contribution >= 4 is 0 Å². The first kappa shape index (κ1) is 9.15. The lowest BCUT2D eigenvalue weighted by Gasteiger charge is -2.20. The number of likely N-dealkylation sites (N-methyl/N-ethyl adjacent to an activating group) is 1. The second kappa shape index (κ2) is 3.38. The average molecular weight is 192 g/mol. The lowest BCUT2D eigenvalue weighted by atomic mass is 10.1. The Morgan fingerprint density at radius 2 is 2.21 bits per heavy atom. The second-order valence-electron chi connectivity index (χ2n) is 3.57. The number of aliphatic hydroxyl groups excluding tert-OH is 1. The summed E-state index contributed by atoms with van der Waals surface area (Å²) in [7, 11) is 1.59. The molecule has 0 bridgehead atoms. The molecule has 0 saturated heterocycles. The van der Waals surface area contributed by atoms with Crippen molar-refractivity contribution in [2.24, 2.45) is 5.29 Å². The average Bonchev–Trinajstić information content (AvgIpc) is 2.56. The Hall–Kier alpha value is -1.42. The molecule has 4 heteroatoms. The number of fused-ring (bicyclic) bond motifs is 1. The van der Waals surface area contributed by atoms with E-state index in [1.807, 2.05) is 24.3 Å². The Labute approximate surface area is 82.1 Å². The summed E-state index contributed by atoms with van der Waals surface area (Å²) in [6.45, 7) is 0. The molecule has 0 fully saturated rings. The maximum Gasteiger partial charge on any atom is 0.102 e. The standard InChI is InChI=1S/C10H12N2O2/c1-12(11-14)9-6-7-4-2-3-5-8(7)10(9)13/h2-5,9-10,13H,6H2,1H3/t9-,10+/m0/s1. The number of hydrogen-bond donors (Lipinski definition) is 1. The summed E-state index contributed by atoms with van der Waals surface area (Å²) in [5, 5.41) is 14.0. The molecule has 74 valence electrons. The van der Waals surface area contributed by atoms with Crippen molar-refractivity contribution < 1.29 is 5.11 Å². The highest BCUT2D eigenvalue weighted by Gasteiger charge is 2.33. The third-order valence-electron chi connectivity index (χ3n) is 2.78. The number of nitroso groups, excluding NO2 is 1. The predicted molar refractivity (Wildman–Crippen MR) is 52.5 cm³/mol. The summed E-state index contributed by atoms with van der Waals surface area (Å²) < 4.78 is 0. The van der Waals surface area contributed by atoms with Crippen LogP contribution in [0.5, 0.6) is 0 Å². The van der Waals surface area contributed by atoms with Crippen LogP contribution < -0.4 is 0 Å². The molecule has 0 aliphatic heterocycles.